The second-order valence-electron chi connectivity index (χ2n) is 7.45. The minimum atomic E-state index is 0.208. The van der Waals surface area contributed by atoms with Crippen LogP contribution in [0.4, 0.5) is 0 Å². The Morgan fingerprint density at radius 2 is 2.21 bits per heavy atom. The van der Waals surface area contributed by atoms with Gasteiger partial charge in [-0.25, -0.2) is 0 Å². The van der Waals surface area contributed by atoms with E-state index >= 15 is 0 Å². The summed E-state index contributed by atoms with van der Waals surface area (Å²) in [5, 5.41) is 0. The van der Waals surface area contributed by atoms with E-state index in [1.807, 2.05) is 0 Å². The first-order valence-corrected chi connectivity index (χ1v) is 7.64. The molecule has 0 aromatic carbocycles. The van der Waals surface area contributed by atoms with Gasteiger partial charge in [0.25, 0.3) is 0 Å². The van der Waals surface area contributed by atoms with Crippen molar-refractivity contribution >= 4 is 0 Å². The summed E-state index contributed by atoms with van der Waals surface area (Å²) in [6, 6.07) is 3.02. The topological polar surface area (TPSA) is 40.2 Å². The van der Waals surface area contributed by atoms with Gasteiger partial charge in [-0.15, -0.1) is 0 Å². The van der Waals surface area contributed by atoms with E-state index in [9.17, 15) is 0 Å². The van der Waals surface area contributed by atoms with Crippen molar-refractivity contribution in [2.45, 2.75) is 70.2 Å². The predicted molar refractivity (Wildman–Crippen MR) is 75.0 cm³/mol. The number of aromatic nitrogens is 1. The molecule has 4 atom stereocenters. The highest BCUT2D eigenvalue weighted by molar-refractivity contribution is 5.31. The molecule has 2 fully saturated rings. The minimum absolute atomic E-state index is 0.208. The SMILES string of the molecule is CC1(C)Cc2c(ccn2C2CC3CCC2O3)C(N)C1. The van der Waals surface area contributed by atoms with Crippen LogP contribution < -0.4 is 5.73 Å². The molecular formula is C16H24N2O. The van der Waals surface area contributed by atoms with Crippen molar-refractivity contribution < 1.29 is 4.74 Å². The number of hydrogen-bond donors (Lipinski definition) is 1. The van der Waals surface area contributed by atoms with Crippen molar-refractivity contribution in [3.05, 3.63) is 23.5 Å². The summed E-state index contributed by atoms with van der Waals surface area (Å²) in [5.74, 6) is 0. The Hall–Kier alpha value is -0.800. The van der Waals surface area contributed by atoms with Gasteiger partial charge in [-0.1, -0.05) is 13.8 Å². The maximum Gasteiger partial charge on any atom is 0.0787 e. The summed E-state index contributed by atoms with van der Waals surface area (Å²) in [6.45, 7) is 4.68. The van der Waals surface area contributed by atoms with Crippen molar-refractivity contribution in [3.63, 3.8) is 0 Å². The number of rotatable bonds is 1. The summed E-state index contributed by atoms with van der Waals surface area (Å²) in [4.78, 5) is 0. The Bertz CT molecular complexity index is 505. The molecule has 3 heterocycles. The third-order valence-electron chi connectivity index (χ3n) is 5.31. The number of ether oxygens (including phenoxy) is 1. The zero-order chi connectivity index (χ0) is 13.2. The van der Waals surface area contributed by atoms with Gasteiger partial charge < -0.3 is 15.0 Å². The maximum absolute atomic E-state index is 6.37. The van der Waals surface area contributed by atoms with Crippen molar-refractivity contribution in [2.24, 2.45) is 11.1 Å². The van der Waals surface area contributed by atoms with E-state index in [4.69, 9.17) is 10.5 Å². The smallest absolute Gasteiger partial charge is 0.0787 e. The third kappa shape index (κ3) is 1.78. The van der Waals surface area contributed by atoms with E-state index in [-0.39, 0.29) is 6.04 Å². The Balaban J connectivity index is 1.72. The molecule has 0 amide bonds. The Kier molecular flexibility index (Phi) is 2.43. The molecule has 0 saturated carbocycles. The van der Waals surface area contributed by atoms with Crippen LogP contribution in [0.5, 0.6) is 0 Å². The van der Waals surface area contributed by atoms with E-state index in [0.717, 1.165) is 12.8 Å². The molecule has 4 unspecified atom stereocenters. The maximum atomic E-state index is 6.37. The Labute approximate surface area is 115 Å². The molecule has 1 aromatic rings. The van der Waals surface area contributed by atoms with Crippen LogP contribution in [-0.2, 0) is 11.2 Å². The molecule has 19 heavy (non-hydrogen) atoms. The van der Waals surface area contributed by atoms with E-state index in [1.165, 1.54) is 30.5 Å². The average molecular weight is 260 g/mol. The lowest BCUT2D eigenvalue weighted by Crippen LogP contribution is -2.32. The second-order valence-corrected chi connectivity index (χ2v) is 7.45. The molecule has 2 bridgehead atoms. The third-order valence-corrected chi connectivity index (χ3v) is 5.31. The highest BCUT2D eigenvalue weighted by Crippen LogP contribution is 2.46. The van der Waals surface area contributed by atoms with Gasteiger partial charge >= 0.3 is 0 Å². The van der Waals surface area contributed by atoms with E-state index < -0.39 is 0 Å². The molecular weight excluding hydrogens is 236 g/mol. The molecule has 3 heteroatoms. The molecule has 0 radical (unpaired) electrons. The van der Waals surface area contributed by atoms with Gasteiger partial charge in [0.1, 0.15) is 0 Å². The Morgan fingerprint density at radius 3 is 2.89 bits per heavy atom. The lowest BCUT2D eigenvalue weighted by atomic mass is 9.74. The molecule has 1 aromatic heterocycles. The van der Waals surface area contributed by atoms with Gasteiger partial charge in [-0.05, 0) is 49.1 Å². The van der Waals surface area contributed by atoms with Gasteiger partial charge in [0.15, 0.2) is 0 Å². The van der Waals surface area contributed by atoms with Gasteiger partial charge in [0, 0.05) is 17.9 Å². The highest BCUT2D eigenvalue weighted by Gasteiger charge is 2.43. The lowest BCUT2D eigenvalue weighted by molar-refractivity contribution is 0.0931. The quantitative estimate of drug-likeness (QED) is 0.843. The van der Waals surface area contributed by atoms with Crippen LogP contribution in [-0.4, -0.2) is 16.8 Å². The van der Waals surface area contributed by atoms with E-state index in [1.54, 1.807) is 0 Å². The molecule has 2 aliphatic heterocycles. The fraction of sp³-hybridized carbons (Fsp3) is 0.750. The molecule has 2 saturated heterocycles. The van der Waals surface area contributed by atoms with Crippen molar-refractivity contribution in [2.75, 3.05) is 0 Å². The molecule has 3 aliphatic rings. The van der Waals surface area contributed by atoms with Gasteiger partial charge in [-0.2, -0.15) is 0 Å². The normalized spacial score (nSPS) is 39.5. The van der Waals surface area contributed by atoms with Crippen molar-refractivity contribution in [3.8, 4) is 0 Å². The number of nitrogens with two attached hydrogens (primary N) is 1. The number of nitrogens with zero attached hydrogens (tertiary/aromatic N) is 1. The summed E-state index contributed by atoms with van der Waals surface area (Å²) in [5.41, 5.74) is 9.54. The van der Waals surface area contributed by atoms with E-state index in [0.29, 0.717) is 23.7 Å². The molecule has 0 spiro atoms. The molecule has 1 aliphatic carbocycles. The first-order chi connectivity index (χ1) is 9.03. The zero-order valence-electron chi connectivity index (χ0n) is 11.9. The van der Waals surface area contributed by atoms with Crippen LogP contribution in [0, 0.1) is 5.41 Å². The van der Waals surface area contributed by atoms with Crippen LogP contribution in [0.25, 0.3) is 0 Å². The first kappa shape index (κ1) is 12.0. The van der Waals surface area contributed by atoms with Gasteiger partial charge in [0.2, 0.25) is 0 Å². The molecule has 3 nitrogen and oxygen atoms in total. The fourth-order valence-corrected chi connectivity index (χ4v) is 4.47. The summed E-state index contributed by atoms with van der Waals surface area (Å²) in [6.07, 6.45) is 9.16. The summed E-state index contributed by atoms with van der Waals surface area (Å²) >= 11 is 0. The van der Waals surface area contributed by atoms with Gasteiger partial charge in [0.05, 0.1) is 18.2 Å². The fourth-order valence-electron chi connectivity index (χ4n) is 4.47. The van der Waals surface area contributed by atoms with E-state index in [2.05, 4.69) is 30.7 Å². The highest BCUT2D eigenvalue weighted by atomic mass is 16.5. The van der Waals surface area contributed by atoms with Crippen molar-refractivity contribution in [1.29, 1.82) is 0 Å². The number of hydrogen-bond acceptors (Lipinski definition) is 2. The van der Waals surface area contributed by atoms with Crippen molar-refractivity contribution in [1.82, 2.24) is 4.57 Å². The predicted octanol–water partition coefficient (Wildman–Crippen LogP) is 2.95. The summed E-state index contributed by atoms with van der Waals surface area (Å²) < 4.78 is 8.53. The van der Waals surface area contributed by atoms with Crippen LogP contribution in [0.2, 0.25) is 0 Å². The standard InChI is InChI=1S/C16H24N2O/c1-16(2)8-12(17)11-5-6-18(14(11)9-16)13-7-10-3-4-15(13)19-10/h5-6,10,12-13,15H,3-4,7-9,17H2,1-2H3. The molecule has 2 N–H and O–H groups in total. The van der Waals surface area contributed by atoms with Crippen LogP contribution in [0.15, 0.2) is 12.3 Å². The first-order valence-electron chi connectivity index (χ1n) is 7.64. The zero-order valence-corrected chi connectivity index (χ0v) is 11.9. The minimum Gasteiger partial charge on any atom is -0.373 e. The molecule has 4 rings (SSSR count). The second kappa shape index (κ2) is 3.86. The largest absolute Gasteiger partial charge is 0.373 e. The lowest BCUT2D eigenvalue weighted by Gasteiger charge is -2.36. The van der Waals surface area contributed by atoms with Crippen LogP contribution >= 0.6 is 0 Å². The van der Waals surface area contributed by atoms with Crippen LogP contribution in [0.3, 0.4) is 0 Å². The number of fused-ring (bicyclic) bond motifs is 3. The monoisotopic (exact) mass is 260 g/mol. The van der Waals surface area contributed by atoms with Gasteiger partial charge in [-0.3, -0.25) is 0 Å². The Morgan fingerprint density at radius 1 is 1.37 bits per heavy atom. The van der Waals surface area contributed by atoms with Crippen LogP contribution in [0.1, 0.15) is 62.9 Å². The average Bonchev–Trinajstić information content (AvgIpc) is 2.99. The summed E-state index contributed by atoms with van der Waals surface area (Å²) in [7, 11) is 0. The molecule has 104 valence electrons.